The molecule has 4 nitrogen and oxygen atoms in total. The Morgan fingerprint density at radius 3 is 2.74 bits per heavy atom. The number of nitrogens with one attached hydrogen (secondary N) is 1. The van der Waals surface area contributed by atoms with Crippen molar-refractivity contribution in [1.82, 2.24) is 10.2 Å². The van der Waals surface area contributed by atoms with Crippen LogP contribution in [0.1, 0.15) is 38.7 Å². The third-order valence-electron chi connectivity index (χ3n) is 6.00. The first-order chi connectivity index (χ1) is 15.1. The maximum absolute atomic E-state index is 4.80. The van der Waals surface area contributed by atoms with E-state index in [4.69, 9.17) is 4.99 Å². The maximum atomic E-state index is 4.80. The van der Waals surface area contributed by atoms with Crippen LogP contribution < -0.4 is 5.32 Å². The quantitative estimate of drug-likeness (QED) is 0.482. The molecule has 4 heteroatoms. The molecule has 0 radical (unpaired) electrons. The van der Waals surface area contributed by atoms with Crippen LogP contribution in [-0.4, -0.2) is 49.3 Å². The first-order valence-corrected chi connectivity index (χ1v) is 11.8. The average molecular weight is 419 g/mol. The third kappa shape index (κ3) is 7.54. The molecule has 3 rings (SSSR count). The fraction of sp³-hybridized carbons (Fsp3) is 0.481. The zero-order chi connectivity index (χ0) is 21.9. The second kappa shape index (κ2) is 12.3. The molecule has 166 valence electrons. The smallest absolute Gasteiger partial charge is 0.102 e. The van der Waals surface area contributed by atoms with E-state index in [1.807, 2.05) is 0 Å². The minimum absolute atomic E-state index is 0.403. The predicted molar refractivity (Wildman–Crippen MR) is 134 cm³/mol. The maximum Gasteiger partial charge on any atom is 0.102 e. The number of amidine groups is 2. The van der Waals surface area contributed by atoms with Crippen molar-refractivity contribution in [3.8, 4) is 0 Å². The summed E-state index contributed by atoms with van der Waals surface area (Å²) in [7, 11) is 0. The van der Waals surface area contributed by atoms with Gasteiger partial charge in [0, 0.05) is 31.5 Å². The fourth-order valence-electron chi connectivity index (χ4n) is 4.25. The highest BCUT2D eigenvalue weighted by Crippen LogP contribution is 2.19. The van der Waals surface area contributed by atoms with Gasteiger partial charge in [-0.15, -0.1) is 0 Å². The first-order valence-electron chi connectivity index (χ1n) is 11.8. The molecule has 0 unspecified atom stereocenters. The van der Waals surface area contributed by atoms with E-state index in [1.165, 1.54) is 17.2 Å². The molecule has 2 heterocycles. The zero-order valence-corrected chi connectivity index (χ0v) is 19.3. The number of nitrogens with zero attached hydrogens (tertiary/aromatic N) is 3. The van der Waals surface area contributed by atoms with Gasteiger partial charge in [-0.25, -0.2) is 0 Å². The van der Waals surface area contributed by atoms with E-state index in [1.54, 1.807) is 0 Å². The normalized spacial score (nSPS) is 18.3. The van der Waals surface area contributed by atoms with Gasteiger partial charge in [0.1, 0.15) is 5.84 Å². The summed E-state index contributed by atoms with van der Waals surface area (Å²) >= 11 is 0. The van der Waals surface area contributed by atoms with Crippen molar-refractivity contribution < 1.29 is 0 Å². The van der Waals surface area contributed by atoms with Crippen molar-refractivity contribution in [3.63, 3.8) is 0 Å². The van der Waals surface area contributed by atoms with Crippen molar-refractivity contribution in [1.29, 1.82) is 0 Å². The molecule has 0 aliphatic carbocycles. The number of hydrogen-bond acceptors (Lipinski definition) is 4. The Bertz CT molecular complexity index is 819. The molecule has 0 bridgehead atoms. The first kappa shape index (κ1) is 23.1. The van der Waals surface area contributed by atoms with Gasteiger partial charge in [0.25, 0.3) is 0 Å². The van der Waals surface area contributed by atoms with E-state index in [0.717, 1.165) is 64.0 Å². The Labute approximate surface area is 188 Å². The van der Waals surface area contributed by atoms with Crippen LogP contribution in [0.3, 0.4) is 0 Å². The molecule has 1 aromatic carbocycles. The SMILES string of the molecule is C=C(/C=C\C=C/CC[C@H](C)C1=NCCN1)C[C@H](C)C1=NCCN1CCc1ccccc1. The second-order valence-corrected chi connectivity index (χ2v) is 8.69. The highest BCUT2D eigenvalue weighted by molar-refractivity contribution is 5.86. The summed E-state index contributed by atoms with van der Waals surface area (Å²) in [4.78, 5) is 11.8. The molecule has 2 atom stereocenters. The predicted octanol–water partition coefficient (Wildman–Crippen LogP) is 5.06. The zero-order valence-electron chi connectivity index (χ0n) is 19.3. The Balaban J connectivity index is 1.36. The van der Waals surface area contributed by atoms with Gasteiger partial charge < -0.3 is 10.2 Å². The largest absolute Gasteiger partial charge is 0.372 e. The average Bonchev–Trinajstić information content (AvgIpc) is 3.47. The van der Waals surface area contributed by atoms with Gasteiger partial charge in [-0.3, -0.25) is 9.98 Å². The molecule has 0 amide bonds. The van der Waals surface area contributed by atoms with Crippen LogP contribution in [-0.2, 0) is 6.42 Å². The van der Waals surface area contributed by atoms with Gasteiger partial charge in [0.2, 0.25) is 0 Å². The standard InChI is InChI=1S/C27H38N4/c1-22(11-7-4-5-8-12-23(2)26-28-16-17-29-26)21-24(3)27-30-18-20-31(27)19-15-25-13-9-6-10-14-25/h4-7,9-11,13-14,23-24H,1,8,12,15-21H2,2-3H3,(H,28,29)/b5-4-,11-7-/t23-,24-/m0/s1. The molecule has 2 aliphatic heterocycles. The molecule has 1 aromatic rings. The molecule has 0 aromatic heterocycles. The Morgan fingerprint density at radius 2 is 1.97 bits per heavy atom. The molecular weight excluding hydrogens is 380 g/mol. The van der Waals surface area contributed by atoms with Crippen molar-refractivity contribution in [2.75, 3.05) is 32.7 Å². The van der Waals surface area contributed by atoms with E-state index in [-0.39, 0.29) is 0 Å². The van der Waals surface area contributed by atoms with Crippen LogP contribution >= 0.6 is 0 Å². The van der Waals surface area contributed by atoms with Crippen LogP contribution in [0.4, 0.5) is 0 Å². The molecule has 0 saturated heterocycles. The number of rotatable bonds is 12. The number of aliphatic imine (C=N–C) groups is 2. The highest BCUT2D eigenvalue weighted by Gasteiger charge is 2.22. The summed E-state index contributed by atoms with van der Waals surface area (Å²) < 4.78 is 0. The fourth-order valence-corrected chi connectivity index (χ4v) is 4.25. The van der Waals surface area contributed by atoms with E-state index in [9.17, 15) is 0 Å². The van der Waals surface area contributed by atoms with E-state index < -0.39 is 0 Å². The summed E-state index contributed by atoms with van der Waals surface area (Å²) in [5.74, 6) is 3.35. The van der Waals surface area contributed by atoms with Crippen LogP contribution in [0.25, 0.3) is 0 Å². The Hall–Kier alpha value is -2.62. The van der Waals surface area contributed by atoms with Gasteiger partial charge in [-0.05, 0) is 31.2 Å². The van der Waals surface area contributed by atoms with Crippen molar-refractivity contribution in [3.05, 3.63) is 72.4 Å². The molecule has 0 saturated carbocycles. The number of benzene rings is 1. The van der Waals surface area contributed by atoms with Gasteiger partial charge in [-0.2, -0.15) is 0 Å². The summed E-state index contributed by atoms with van der Waals surface area (Å²) in [6, 6.07) is 10.7. The van der Waals surface area contributed by atoms with Crippen LogP contribution in [0.15, 0.2) is 76.8 Å². The van der Waals surface area contributed by atoms with Crippen LogP contribution in [0, 0.1) is 11.8 Å². The number of hydrogen-bond donors (Lipinski definition) is 1. The van der Waals surface area contributed by atoms with Gasteiger partial charge >= 0.3 is 0 Å². The molecular formula is C27H38N4. The summed E-state index contributed by atoms with van der Waals surface area (Å²) in [5, 5.41) is 3.37. The lowest BCUT2D eigenvalue weighted by atomic mass is 9.99. The molecule has 2 aliphatic rings. The molecule has 0 fully saturated rings. The van der Waals surface area contributed by atoms with Gasteiger partial charge in [-0.1, -0.05) is 80.6 Å². The van der Waals surface area contributed by atoms with Crippen LogP contribution in [0.5, 0.6) is 0 Å². The van der Waals surface area contributed by atoms with Crippen LogP contribution in [0.2, 0.25) is 0 Å². The van der Waals surface area contributed by atoms with Gasteiger partial charge in [0.15, 0.2) is 0 Å². The third-order valence-corrected chi connectivity index (χ3v) is 6.00. The topological polar surface area (TPSA) is 40.0 Å². The number of allylic oxidation sites excluding steroid dienone is 5. The van der Waals surface area contributed by atoms with Gasteiger partial charge in [0.05, 0.1) is 18.9 Å². The highest BCUT2D eigenvalue weighted by atomic mass is 15.2. The lowest BCUT2D eigenvalue weighted by Crippen LogP contribution is -2.34. The monoisotopic (exact) mass is 418 g/mol. The summed E-state index contributed by atoms with van der Waals surface area (Å²) in [5.41, 5.74) is 2.55. The van der Waals surface area contributed by atoms with E-state index in [0.29, 0.717) is 11.8 Å². The summed E-state index contributed by atoms with van der Waals surface area (Å²) in [6.07, 6.45) is 12.9. The second-order valence-electron chi connectivity index (χ2n) is 8.69. The van der Waals surface area contributed by atoms with E-state index >= 15 is 0 Å². The molecule has 31 heavy (non-hydrogen) atoms. The lowest BCUT2D eigenvalue weighted by molar-refractivity contribution is 0.438. The Kier molecular flexibility index (Phi) is 9.14. The van der Waals surface area contributed by atoms with Crippen molar-refractivity contribution >= 4 is 11.7 Å². The lowest BCUT2D eigenvalue weighted by Gasteiger charge is -2.24. The van der Waals surface area contributed by atoms with Crippen molar-refractivity contribution in [2.45, 2.75) is 39.5 Å². The Morgan fingerprint density at radius 1 is 1.13 bits per heavy atom. The minimum Gasteiger partial charge on any atom is -0.372 e. The summed E-state index contributed by atoms with van der Waals surface area (Å²) in [6.45, 7) is 13.7. The van der Waals surface area contributed by atoms with Crippen molar-refractivity contribution in [2.24, 2.45) is 21.8 Å². The minimum atomic E-state index is 0.403. The molecule has 1 N–H and O–H groups in total. The van der Waals surface area contributed by atoms with E-state index in [2.05, 4.69) is 90.3 Å². The molecule has 0 spiro atoms.